The van der Waals surface area contributed by atoms with Gasteiger partial charge >= 0.3 is 0 Å². The minimum atomic E-state index is -0.234. The van der Waals surface area contributed by atoms with Crippen molar-refractivity contribution in [2.75, 3.05) is 17.7 Å². The van der Waals surface area contributed by atoms with Gasteiger partial charge in [0.1, 0.15) is 11.8 Å². The number of nitrogens with one attached hydrogen (secondary N) is 1. The van der Waals surface area contributed by atoms with E-state index in [1.54, 1.807) is 11.8 Å². The lowest BCUT2D eigenvalue weighted by atomic mass is 9.85. The Labute approximate surface area is 169 Å². The third kappa shape index (κ3) is 3.68. The fourth-order valence-corrected chi connectivity index (χ4v) is 4.27. The molecular weight excluding hydrogens is 372 g/mol. The van der Waals surface area contributed by atoms with Crippen molar-refractivity contribution in [3.05, 3.63) is 41.1 Å². The summed E-state index contributed by atoms with van der Waals surface area (Å²) in [5.74, 6) is 2.69. The molecule has 1 atom stereocenters. The zero-order valence-electron chi connectivity index (χ0n) is 16.4. The summed E-state index contributed by atoms with van der Waals surface area (Å²) in [5.41, 5.74) is 2.86. The molecule has 0 saturated carbocycles. The first-order valence-corrected chi connectivity index (χ1v) is 11.0. The van der Waals surface area contributed by atoms with Gasteiger partial charge in [0, 0.05) is 17.7 Å². The molecule has 148 valence electrons. The number of benzene rings is 1. The molecule has 1 aromatic carbocycles. The quantitative estimate of drug-likeness (QED) is 0.543. The Morgan fingerprint density at radius 3 is 2.82 bits per heavy atom. The molecule has 28 heavy (non-hydrogen) atoms. The second-order valence-corrected chi connectivity index (χ2v) is 8.29. The molecule has 0 fully saturated rings. The number of ether oxygens (including phenoxy) is 1. The first kappa shape index (κ1) is 19.1. The third-order valence-electron chi connectivity index (χ3n) is 5.08. The largest absolute Gasteiger partial charge is 0.494 e. The highest BCUT2D eigenvalue weighted by molar-refractivity contribution is 7.99. The summed E-state index contributed by atoms with van der Waals surface area (Å²) in [4.78, 5) is 17.4. The number of hydrogen-bond acceptors (Lipinski definition) is 6. The Morgan fingerprint density at radius 1 is 1.25 bits per heavy atom. The lowest BCUT2D eigenvalue weighted by molar-refractivity contribution is -0.116. The summed E-state index contributed by atoms with van der Waals surface area (Å²) < 4.78 is 7.66. The minimum Gasteiger partial charge on any atom is -0.494 e. The molecule has 1 N–H and O–H groups in total. The van der Waals surface area contributed by atoms with Gasteiger partial charge in [0.2, 0.25) is 11.1 Å². The van der Waals surface area contributed by atoms with Gasteiger partial charge in [-0.25, -0.2) is 4.68 Å². The van der Waals surface area contributed by atoms with Gasteiger partial charge in [0.15, 0.2) is 5.78 Å². The topological polar surface area (TPSA) is 69.0 Å². The number of thioether (sulfide) groups is 1. The van der Waals surface area contributed by atoms with E-state index in [-0.39, 0.29) is 11.8 Å². The van der Waals surface area contributed by atoms with Crippen LogP contribution in [0.25, 0.3) is 0 Å². The van der Waals surface area contributed by atoms with Gasteiger partial charge < -0.3 is 10.1 Å². The monoisotopic (exact) mass is 398 g/mol. The number of carbonyl (C=O) groups excluding carboxylic acids is 1. The molecule has 2 aliphatic rings. The predicted molar refractivity (Wildman–Crippen MR) is 111 cm³/mol. The SMILES string of the molecule is CCCCOc1ccc(C2C3=C(CCCC3=O)Nc3nc(SCC)nn32)cc1. The van der Waals surface area contributed by atoms with Crippen molar-refractivity contribution < 1.29 is 9.53 Å². The highest BCUT2D eigenvalue weighted by Gasteiger charge is 2.36. The van der Waals surface area contributed by atoms with E-state index in [0.29, 0.717) is 6.42 Å². The zero-order chi connectivity index (χ0) is 19.5. The van der Waals surface area contributed by atoms with Crippen molar-refractivity contribution >= 4 is 23.5 Å². The maximum atomic E-state index is 12.8. The van der Waals surface area contributed by atoms with E-state index in [1.165, 1.54) is 0 Å². The molecule has 2 aromatic rings. The molecule has 1 aliphatic heterocycles. The second-order valence-electron chi connectivity index (χ2n) is 7.06. The van der Waals surface area contributed by atoms with E-state index in [2.05, 4.69) is 24.1 Å². The summed E-state index contributed by atoms with van der Waals surface area (Å²) in [6.07, 6.45) is 4.50. The Morgan fingerprint density at radius 2 is 2.07 bits per heavy atom. The smallest absolute Gasteiger partial charge is 0.227 e. The van der Waals surface area contributed by atoms with Crippen LogP contribution >= 0.6 is 11.8 Å². The summed E-state index contributed by atoms with van der Waals surface area (Å²) in [7, 11) is 0. The summed E-state index contributed by atoms with van der Waals surface area (Å²) >= 11 is 1.61. The maximum Gasteiger partial charge on any atom is 0.227 e. The Hall–Kier alpha value is -2.28. The van der Waals surface area contributed by atoms with E-state index < -0.39 is 0 Å². The van der Waals surface area contributed by atoms with Crippen molar-refractivity contribution in [3.63, 3.8) is 0 Å². The number of hydrogen-bond donors (Lipinski definition) is 1. The summed E-state index contributed by atoms with van der Waals surface area (Å²) in [6, 6.07) is 7.82. The van der Waals surface area contributed by atoms with Gasteiger partial charge in [0.25, 0.3) is 0 Å². The Bertz CT molecular complexity index is 888. The van der Waals surface area contributed by atoms with Gasteiger partial charge in [-0.3, -0.25) is 4.79 Å². The summed E-state index contributed by atoms with van der Waals surface area (Å²) in [6.45, 7) is 4.96. The average molecular weight is 399 g/mol. The van der Waals surface area contributed by atoms with Crippen molar-refractivity contribution in [1.29, 1.82) is 0 Å². The van der Waals surface area contributed by atoms with Gasteiger partial charge in [-0.15, -0.1) is 5.10 Å². The fraction of sp³-hybridized carbons (Fsp3) is 0.476. The molecular formula is C21H26N4O2S. The molecule has 0 amide bonds. The number of carbonyl (C=O) groups is 1. The van der Waals surface area contributed by atoms with Crippen LogP contribution in [0.4, 0.5) is 5.95 Å². The first-order chi connectivity index (χ1) is 13.7. The number of rotatable bonds is 7. The van der Waals surface area contributed by atoms with E-state index in [4.69, 9.17) is 9.84 Å². The first-order valence-electron chi connectivity index (χ1n) is 10.1. The molecule has 1 aromatic heterocycles. The van der Waals surface area contributed by atoms with Crippen LogP contribution in [0.15, 0.2) is 40.7 Å². The number of Topliss-reactive ketones (excluding diaryl/α,β-unsaturated/α-hetero) is 1. The van der Waals surface area contributed by atoms with E-state index in [1.807, 2.05) is 28.9 Å². The molecule has 7 heteroatoms. The van der Waals surface area contributed by atoms with Crippen LogP contribution < -0.4 is 10.1 Å². The van der Waals surface area contributed by atoms with Gasteiger partial charge in [0.05, 0.1) is 6.61 Å². The average Bonchev–Trinajstić information content (AvgIpc) is 3.10. The minimum absolute atomic E-state index is 0.202. The van der Waals surface area contributed by atoms with Crippen LogP contribution in [0.5, 0.6) is 5.75 Å². The lowest BCUT2D eigenvalue weighted by Crippen LogP contribution is -2.31. The third-order valence-corrected chi connectivity index (χ3v) is 5.80. The van der Waals surface area contributed by atoms with Crippen molar-refractivity contribution in [2.24, 2.45) is 0 Å². The van der Waals surface area contributed by atoms with E-state index in [0.717, 1.165) is 71.7 Å². The van der Waals surface area contributed by atoms with Crippen molar-refractivity contribution in [2.45, 2.75) is 57.1 Å². The predicted octanol–water partition coefficient (Wildman–Crippen LogP) is 4.59. The van der Waals surface area contributed by atoms with Crippen LogP contribution in [0.2, 0.25) is 0 Å². The van der Waals surface area contributed by atoms with E-state index >= 15 is 0 Å². The van der Waals surface area contributed by atoms with E-state index in [9.17, 15) is 4.79 Å². The molecule has 1 unspecified atom stereocenters. The van der Waals surface area contributed by atoms with Crippen LogP contribution in [-0.2, 0) is 4.79 Å². The van der Waals surface area contributed by atoms with Crippen LogP contribution in [0.3, 0.4) is 0 Å². The number of ketones is 1. The number of aromatic nitrogens is 3. The number of unbranched alkanes of at least 4 members (excludes halogenated alkanes) is 1. The highest BCUT2D eigenvalue weighted by Crippen LogP contribution is 2.40. The molecule has 0 saturated heterocycles. The Balaban J connectivity index is 1.70. The van der Waals surface area contributed by atoms with Crippen molar-refractivity contribution in [3.8, 4) is 5.75 Å². The molecule has 4 rings (SSSR count). The molecule has 0 spiro atoms. The molecule has 1 aliphatic carbocycles. The number of allylic oxidation sites excluding steroid dienone is 2. The molecule has 0 radical (unpaired) electrons. The van der Waals surface area contributed by atoms with Crippen molar-refractivity contribution in [1.82, 2.24) is 14.8 Å². The van der Waals surface area contributed by atoms with Crippen LogP contribution in [-0.4, -0.2) is 32.9 Å². The van der Waals surface area contributed by atoms with Gasteiger partial charge in [-0.2, -0.15) is 4.98 Å². The number of nitrogens with zero attached hydrogens (tertiary/aromatic N) is 3. The van der Waals surface area contributed by atoms with Gasteiger partial charge in [-0.1, -0.05) is 44.2 Å². The fourth-order valence-electron chi connectivity index (χ4n) is 3.72. The van der Waals surface area contributed by atoms with Gasteiger partial charge in [-0.05, 0) is 42.7 Å². The molecule has 0 bridgehead atoms. The molecule has 2 heterocycles. The normalized spacial score (nSPS) is 18.5. The summed E-state index contributed by atoms with van der Waals surface area (Å²) in [5, 5.41) is 8.80. The van der Waals surface area contributed by atoms with Crippen LogP contribution in [0.1, 0.15) is 57.6 Å². The Kier molecular flexibility index (Phi) is 5.71. The zero-order valence-corrected chi connectivity index (χ0v) is 17.2. The molecule has 6 nitrogen and oxygen atoms in total. The lowest BCUT2D eigenvalue weighted by Gasteiger charge is -2.32. The standard InChI is InChI=1S/C21H26N4O2S/c1-3-5-13-27-15-11-9-14(10-12-15)19-18-16(7-6-8-17(18)26)22-20-23-21(28-4-2)24-25(19)20/h9-12,19H,3-8,13H2,1-2H3,(H,22,23,24). The number of fused-ring (bicyclic) bond motifs is 1. The van der Waals surface area contributed by atoms with Crippen LogP contribution in [0, 0.1) is 0 Å². The second kappa shape index (κ2) is 8.39. The highest BCUT2D eigenvalue weighted by atomic mass is 32.2. The maximum absolute atomic E-state index is 12.8. The number of anilines is 1.